The van der Waals surface area contributed by atoms with Gasteiger partial charge in [-0.15, -0.1) is 0 Å². The summed E-state index contributed by atoms with van der Waals surface area (Å²) >= 11 is 0. The lowest BCUT2D eigenvalue weighted by molar-refractivity contribution is -0.384. The predicted octanol–water partition coefficient (Wildman–Crippen LogP) is 3.11. The minimum Gasteiger partial charge on any atom is -0.339 e. The van der Waals surface area contributed by atoms with Crippen molar-refractivity contribution in [1.82, 2.24) is 4.90 Å². The monoisotopic (exact) mass is 288 g/mol. The Bertz CT molecular complexity index is 558. The summed E-state index contributed by atoms with van der Waals surface area (Å²) in [4.78, 5) is 24.3. The van der Waals surface area contributed by atoms with E-state index in [9.17, 15) is 14.9 Å². The van der Waals surface area contributed by atoms with Crippen LogP contribution in [0.1, 0.15) is 25.8 Å². The van der Waals surface area contributed by atoms with Gasteiger partial charge >= 0.3 is 0 Å². The molecule has 0 aliphatic carbocycles. The molecule has 5 heteroatoms. The van der Waals surface area contributed by atoms with Crippen LogP contribution < -0.4 is 0 Å². The second-order valence-electron chi connectivity index (χ2n) is 5.87. The highest BCUT2D eigenvalue weighted by atomic mass is 16.6. The molecule has 1 aliphatic heterocycles. The molecule has 0 radical (unpaired) electrons. The van der Waals surface area contributed by atoms with E-state index < -0.39 is 4.92 Å². The van der Waals surface area contributed by atoms with Crippen molar-refractivity contribution in [2.75, 3.05) is 13.1 Å². The van der Waals surface area contributed by atoms with Gasteiger partial charge in [0.2, 0.25) is 5.91 Å². The summed E-state index contributed by atoms with van der Waals surface area (Å²) in [5.41, 5.74) is 0.695. The van der Waals surface area contributed by atoms with Crippen LogP contribution in [0, 0.1) is 22.0 Å². The number of piperidine rings is 1. The molecule has 0 bridgehead atoms. The quantitative estimate of drug-likeness (QED) is 0.487. The number of benzene rings is 1. The average Bonchev–Trinajstić information content (AvgIpc) is 2.44. The first-order valence-corrected chi connectivity index (χ1v) is 7.17. The van der Waals surface area contributed by atoms with Gasteiger partial charge in [0.15, 0.2) is 0 Å². The van der Waals surface area contributed by atoms with Crippen molar-refractivity contribution in [1.29, 1.82) is 0 Å². The molecule has 0 saturated carbocycles. The summed E-state index contributed by atoms with van der Waals surface area (Å²) < 4.78 is 0. The van der Waals surface area contributed by atoms with Gasteiger partial charge in [0.25, 0.3) is 5.69 Å². The Labute approximate surface area is 124 Å². The fourth-order valence-corrected chi connectivity index (χ4v) is 2.86. The maximum absolute atomic E-state index is 12.2. The molecule has 5 nitrogen and oxygen atoms in total. The van der Waals surface area contributed by atoms with Crippen LogP contribution in [0.3, 0.4) is 0 Å². The molecular formula is C16H20N2O3. The molecule has 0 spiro atoms. The van der Waals surface area contributed by atoms with E-state index in [-0.39, 0.29) is 11.6 Å². The van der Waals surface area contributed by atoms with Crippen LogP contribution >= 0.6 is 0 Å². The number of nitro groups is 1. The van der Waals surface area contributed by atoms with E-state index in [1.807, 2.05) is 4.90 Å². The smallest absolute Gasteiger partial charge is 0.270 e. The molecule has 1 heterocycles. The van der Waals surface area contributed by atoms with Gasteiger partial charge in [-0.2, -0.15) is 0 Å². The third-order valence-corrected chi connectivity index (χ3v) is 3.68. The Hall–Kier alpha value is -2.17. The molecule has 112 valence electrons. The molecule has 2 rings (SSSR count). The summed E-state index contributed by atoms with van der Waals surface area (Å²) in [6.45, 7) is 5.87. The lowest BCUT2D eigenvalue weighted by atomic mass is 9.92. The van der Waals surface area contributed by atoms with E-state index in [0.29, 0.717) is 17.4 Å². The Morgan fingerprint density at radius 2 is 2.00 bits per heavy atom. The summed E-state index contributed by atoms with van der Waals surface area (Å²) in [7, 11) is 0. The van der Waals surface area contributed by atoms with Crippen molar-refractivity contribution in [3.05, 3.63) is 46.0 Å². The Balaban J connectivity index is 2.05. The number of amides is 1. The molecule has 1 saturated heterocycles. The first-order valence-electron chi connectivity index (χ1n) is 7.17. The highest BCUT2D eigenvalue weighted by Gasteiger charge is 2.23. The maximum Gasteiger partial charge on any atom is 0.270 e. The van der Waals surface area contributed by atoms with Gasteiger partial charge in [-0.05, 0) is 29.9 Å². The predicted molar refractivity (Wildman–Crippen MR) is 81.7 cm³/mol. The van der Waals surface area contributed by atoms with Crippen molar-refractivity contribution in [2.45, 2.75) is 20.3 Å². The van der Waals surface area contributed by atoms with E-state index in [2.05, 4.69) is 13.8 Å². The first kappa shape index (κ1) is 15.2. The van der Waals surface area contributed by atoms with Gasteiger partial charge in [0.05, 0.1) is 4.92 Å². The Kier molecular flexibility index (Phi) is 4.73. The number of nitro benzene ring substituents is 1. The second-order valence-corrected chi connectivity index (χ2v) is 5.87. The van der Waals surface area contributed by atoms with Gasteiger partial charge in [0.1, 0.15) is 0 Å². The topological polar surface area (TPSA) is 63.5 Å². The molecule has 1 aromatic carbocycles. The van der Waals surface area contributed by atoms with Crippen molar-refractivity contribution in [3.8, 4) is 0 Å². The third-order valence-electron chi connectivity index (χ3n) is 3.68. The highest BCUT2D eigenvalue weighted by Crippen LogP contribution is 2.21. The number of likely N-dealkylation sites (tertiary alicyclic amines) is 1. The van der Waals surface area contributed by atoms with Crippen LogP contribution in [-0.4, -0.2) is 28.8 Å². The maximum atomic E-state index is 12.2. The molecular weight excluding hydrogens is 268 g/mol. The molecule has 2 atom stereocenters. The zero-order valence-electron chi connectivity index (χ0n) is 12.4. The number of carbonyl (C=O) groups excluding carboxylic acids is 1. The first-order chi connectivity index (χ1) is 9.95. The SMILES string of the molecule is C[C@@H]1C[C@@H](C)CN(C(=O)/C=C/c2cccc([N+](=O)[O-])c2)C1. The zero-order chi connectivity index (χ0) is 15.4. The van der Waals surface area contributed by atoms with Crippen LogP contribution in [0.25, 0.3) is 6.08 Å². The third kappa shape index (κ3) is 4.15. The van der Waals surface area contributed by atoms with Crippen LogP contribution in [0.2, 0.25) is 0 Å². The van der Waals surface area contributed by atoms with E-state index in [1.54, 1.807) is 18.2 Å². The summed E-state index contributed by atoms with van der Waals surface area (Å²) in [6, 6.07) is 6.27. The second kappa shape index (κ2) is 6.52. The Morgan fingerprint density at radius 1 is 1.33 bits per heavy atom. The molecule has 0 N–H and O–H groups in total. The van der Waals surface area contributed by atoms with Crippen LogP contribution in [0.4, 0.5) is 5.69 Å². The van der Waals surface area contributed by atoms with Crippen LogP contribution in [0.5, 0.6) is 0 Å². The molecule has 1 amide bonds. The lowest BCUT2D eigenvalue weighted by Gasteiger charge is -2.34. The molecule has 1 aliphatic rings. The van der Waals surface area contributed by atoms with Gasteiger partial charge < -0.3 is 4.90 Å². The number of hydrogen-bond acceptors (Lipinski definition) is 3. The Morgan fingerprint density at radius 3 is 2.62 bits per heavy atom. The minimum absolute atomic E-state index is 0.0279. The van der Waals surface area contributed by atoms with Crippen LogP contribution in [0.15, 0.2) is 30.3 Å². The van der Waals surface area contributed by atoms with Gasteiger partial charge in [0, 0.05) is 31.3 Å². The minimum atomic E-state index is -0.437. The summed E-state index contributed by atoms with van der Waals surface area (Å²) in [6.07, 6.45) is 4.29. The van der Waals surface area contributed by atoms with E-state index in [1.165, 1.54) is 18.2 Å². The summed E-state index contributed by atoms with van der Waals surface area (Å²) in [5.74, 6) is 1.01. The number of carbonyl (C=O) groups is 1. The fraction of sp³-hybridized carbons (Fsp3) is 0.438. The van der Waals surface area contributed by atoms with Gasteiger partial charge in [-0.25, -0.2) is 0 Å². The van der Waals surface area contributed by atoms with E-state index in [0.717, 1.165) is 19.5 Å². The molecule has 1 fully saturated rings. The van der Waals surface area contributed by atoms with Crippen LogP contribution in [-0.2, 0) is 4.79 Å². The normalized spacial score (nSPS) is 22.5. The summed E-state index contributed by atoms with van der Waals surface area (Å²) in [5, 5.41) is 10.7. The van der Waals surface area contributed by atoms with Gasteiger partial charge in [-0.1, -0.05) is 26.0 Å². The highest BCUT2D eigenvalue weighted by molar-refractivity contribution is 5.91. The van der Waals surface area contributed by atoms with Gasteiger partial charge in [-0.3, -0.25) is 14.9 Å². The zero-order valence-corrected chi connectivity index (χ0v) is 12.4. The van der Waals surface area contributed by atoms with Crippen molar-refractivity contribution in [3.63, 3.8) is 0 Å². The molecule has 0 unspecified atom stereocenters. The number of rotatable bonds is 3. The van der Waals surface area contributed by atoms with Crippen molar-refractivity contribution < 1.29 is 9.72 Å². The van der Waals surface area contributed by atoms with E-state index >= 15 is 0 Å². The number of non-ortho nitro benzene ring substituents is 1. The lowest BCUT2D eigenvalue weighted by Crippen LogP contribution is -2.41. The molecule has 0 aromatic heterocycles. The van der Waals surface area contributed by atoms with E-state index in [4.69, 9.17) is 0 Å². The average molecular weight is 288 g/mol. The standard InChI is InChI=1S/C16H20N2O3/c1-12-8-13(2)11-17(10-12)16(19)7-6-14-4-3-5-15(9-14)18(20)21/h3-7,9,12-13H,8,10-11H2,1-2H3/b7-6+/t12-,13-/m1/s1. The molecule has 21 heavy (non-hydrogen) atoms. The largest absolute Gasteiger partial charge is 0.339 e. The van der Waals surface area contributed by atoms with Crippen molar-refractivity contribution >= 4 is 17.7 Å². The van der Waals surface area contributed by atoms with Crippen molar-refractivity contribution in [2.24, 2.45) is 11.8 Å². The number of hydrogen-bond donors (Lipinski definition) is 0. The fourth-order valence-electron chi connectivity index (χ4n) is 2.86. The molecule has 1 aromatic rings. The number of nitrogens with zero attached hydrogens (tertiary/aromatic N) is 2.